The Hall–Kier alpha value is -0.650. The molecule has 3 unspecified atom stereocenters. The van der Waals surface area contributed by atoms with Crippen molar-refractivity contribution < 1.29 is 14.3 Å². The Morgan fingerprint density at radius 1 is 1.29 bits per heavy atom. The molecule has 1 heterocycles. The maximum Gasteiger partial charge on any atom is 0.237 e. The third-order valence-electron chi connectivity index (χ3n) is 5.80. The van der Waals surface area contributed by atoms with Crippen molar-refractivity contribution >= 4 is 5.91 Å². The van der Waals surface area contributed by atoms with Gasteiger partial charge in [0.1, 0.15) is 0 Å². The summed E-state index contributed by atoms with van der Waals surface area (Å²) >= 11 is 0. The molecule has 0 radical (unpaired) electrons. The van der Waals surface area contributed by atoms with Crippen LogP contribution in [0.2, 0.25) is 0 Å². The molecule has 122 valence electrons. The monoisotopic (exact) mass is 298 g/mol. The third kappa shape index (κ3) is 2.71. The van der Waals surface area contributed by atoms with Crippen LogP contribution >= 0.6 is 0 Å². The first-order valence-electron chi connectivity index (χ1n) is 8.13. The van der Waals surface area contributed by atoms with Crippen LogP contribution in [0, 0.1) is 11.3 Å². The lowest BCUT2D eigenvalue weighted by atomic mass is 9.53. The summed E-state index contributed by atoms with van der Waals surface area (Å²) in [6, 6.07) is 0.0727. The van der Waals surface area contributed by atoms with Crippen LogP contribution in [-0.2, 0) is 14.3 Å². The molecule has 5 heteroatoms. The van der Waals surface area contributed by atoms with E-state index in [1.54, 1.807) is 14.2 Å². The van der Waals surface area contributed by atoms with Gasteiger partial charge in [-0.25, -0.2) is 0 Å². The summed E-state index contributed by atoms with van der Waals surface area (Å²) in [5.74, 6) is 0.464. The number of amides is 1. The average molecular weight is 298 g/mol. The van der Waals surface area contributed by atoms with Crippen molar-refractivity contribution in [1.82, 2.24) is 10.6 Å². The molecule has 2 aliphatic rings. The second-order valence-electron chi connectivity index (χ2n) is 6.50. The second kappa shape index (κ2) is 6.63. The molecule has 0 spiro atoms. The number of carbonyl (C=O) groups is 1. The number of ether oxygens (including phenoxy) is 2. The molecule has 0 aromatic rings. The van der Waals surface area contributed by atoms with E-state index in [9.17, 15) is 4.79 Å². The smallest absolute Gasteiger partial charge is 0.237 e. The van der Waals surface area contributed by atoms with Gasteiger partial charge in [0, 0.05) is 38.1 Å². The van der Waals surface area contributed by atoms with Gasteiger partial charge in [0.25, 0.3) is 0 Å². The summed E-state index contributed by atoms with van der Waals surface area (Å²) in [5.41, 5.74) is 0.0725. The molecule has 1 saturated heterocycles. The van der Waals surface area contributed by atoms with E-state index in [0.29, 0.717) is 5.92 Å². The summed E-state index contributed by atoms with van der Waals surface area (Å²) in [5, 5.41) is 6.52. The Morgan fingerprint density at radius 3 is 2.43 bits per heavy atom. The van der Waals surface area contributed by atoms with E-state index in [-0.39, 0.29) is 35.6 Å². The first kappa shape index (κ1) is 16.7. The molecular formula is C16H30N2O3. The van der Waals surface area contributed by atoms with E-state index in [2.05, 4.69) is 31.4 Å². The van der Waals surface area contributed by atoms with Crippen molar-refractivity contribution in [3.63, 3.8) is 0 Å². The fraction of sp³-hybridized carbons (Fsp3) is 0.938. The SMILES string of the molecule is CCC1(CC)C(NC(=O)[C@H]2C[C@H](OC)CN2)C(C)C1OC. The lowest BCUT2D eigenvalue weighted by Gasteiger charge is -2.59. The van der Waals surface area contributed by atoms with Gasteiger partial charge in [0.15, 0.2) is 0 Å². The Labute approximate surface area is 128 Å². The number of rotatable bonds is 6. The minimum absolute atomic E-state index is 0.0725. The Morgan fingerprint density at radius 2 is 1.95 bits per heavy atom. The summed E-state index contributed by atoms with van der Waals surface area (Å²) in [6.07, 6.45) is 3.18. The summed E-state index contributed by atoms with van der Waals surface area (Å²) in [4.78, 5) is 12.5. The van der Waals surface area contributed by atoms with Crippen LogP contribution in [0.4, 0.5) is 0 Å². The zero-order valence-corrected chi connectivity index (χ0v) is 13.9. The zero-order valence-electron chi connectivity index (χ0n) is 13.9. The van der Waals surface area contributed by atoms with Gasteiger partial charge >= 0.3 is 0 Å². The van der Waals surface area contributed by atoms with Gasteiger partial charge in [-0.2, -0.15) is 0 Å². The molecule has 1 saturated carbocycles. The Balaban J connectivity index is 2.00. The Kier molecular flexibility index (Phi) is 5.28. The van der Waals surface area contributed by atoms with Crippen molar-refractivity contribution in [3.8, 4) is 0 Å². The normalized spacial score (nSPS) is 38.0. The average Bonchev–Trinajstić information content (AvgIpc) is 2.98. The Bertz CT molecular complexity index is 371. The van der Waals surface area contributed by atoms with Crippen LogP contribution in [0.3, 0.4) is 0 Å². The van der Waals surface area contributed by atoms with Crippen LogP contribution in [0.5, 0.6) is 0 Å². The van der Waals surface area contributed by atoms with Crippen molar-refractivity contribution in [3.05, 3.63) is 0 Å². The van der Waals surface area contributed by atoms with E-state index in [1.165, 1.54) is 0 Å². The first-order valence-corrected chi connectivity index (χ1v) is 8.13. The maximum atomic E-state index is 12.5. The highest BCUT2D eigenvalue weighted by Gasteiger charge is 2.59. The van der Waals surface area contributed by atoms with Crippen LogP contribution < -0.4 is 10.6 Å². The molecule has 5 nitrogen and oxygen atoms in total. The van der Waals surface area contributed by atoms with E-state index < -0.39 is 0 Å². The number of hydrogen-bond acceptors (Lipinski definition) is 4. The van der Waals surface area contributed by atoms with E-state index in [0.717, 1.165) is 25.8 Å². The predicted octanol–water partition coefficient (Wildman–Crippen LogP) is 1.32. The van der Waals surface area contributed by atoms with Gasteiger partial charge in [0.05, 0.1) is 18.2 Å². The highest BCUT2D eigenvalue weighted by atomic mass is 16.5. The highest BCUT2D eigenvalue weighted by Crippen LogP contribution is 2.52. The molecule has 1 aliphatic heterocycles. The van der Waals surface area contributed by atoms with Gasteiger partial charge < -0.3 is 20.1 Å². The minimum Gasteiger partial charge on any atom is -0.380 e. The summed E-state index contributed by atoms with van der Waals surface area (Å²) in [7, 11) is 3.48. The van der Waals surface area contributed by atoms with E-state index in [1.807, 2.05) is 0 Å². The summed E-state index contributed by atoms with van der Waals surface area (Å²) < 4.78 is 11.0. The fourth-order valence-electron chi connectivity index (χ4n) is 4.43. The quantitative estimate of drug-likeness (QED) is 0.776. The summed E-state index contributed by atoms with van der Waals surface area (Å²) in [6.45, 7) is 7.30. The van der Waals surface area contributed by atoms with Gasteiger partial charge in [-0.3, -0.25) is 4.79 Å². The van der Waals surface area contributed by atoms with Crippen molar-refractivity contribution in [2.24, 2.45) is 11.3 Å². The molecule has 5 atom stereocenters. The van der Waals surface area contributed by atoms with Crippen LogP contribution in [0.1, 0.15) is 40.0 Å². The topological polar surface area (TPSA) is 59.6 Å². The van der Waals surface area contributed by atoms with Crippen molar-refractivity contribution in [1.29, 1.82) is 0 Å². The van der Waals surface area contributed by atoms with E-state index >= 15 is 0 Å². The van der Waals surface area contributed by atoms with Gasteiger partial charge in [0.2, 0.25) is 5.91 Å². The molecule has 21 heavy (non-hydrogen) atoms. The molecule has 2 N–H and O–H groups in total. The number of methoxy groups -OCH3 is 2. The first-order chi connectivity index (χ1) is 10.0. The lowest BCUT2D eigenvalue weighted by Crippen LogP contribution is -2.70. The van der Waals surface area contributed by atoms with Crippen LogP contribution in [0.15, 0.2) is 0 Å². The number of hydrogen-bond donors (Lipinski definition) is 2. The minimum atomic E-state index is -0.129. The fourth-order valence-corrected chi connectivity index (χ4v) is 4.43. The standard InChI is InChI=1S/C16H30N2O3/c1-6-16(7-2)13(10(3)14(16)21-5)18-15(19)12-8-11(20-4)9-17-12/h10-14,17H,6-9H2,1-5H3,(H,18,19)/t10?,11-,12+,13?,14?/m0/s1. The van der Waals surface area contributed by atoms with Crippen LogP contribution in [-0.4, -0.2) is 51.0 Å². The van der Waals surface area contributed by atoms with Gasteiger partial charge in [-0.05, 0) is 19.3 Å². The lowest BCUT2D eigenvalue weighted by molar-refractivity contribution is -0.172. The maximum absolute atomic E-state index is 12.5. The van der Waals surface area contributed by atoms with Crippen molar-refractivity contribution in [2.45, 2.75) is 64.3 Å². The highest BCUT2D eigenvalue weighted by molar-refractivity contribution is 5.82. The molecule has 0 aromatic carbocycles. The molecule has 2 rings (SSSR count). The molecule has 1 aliphatic carbocycles. The molecule has 2 fully saturated rings. The van der Waals surface area contributed by atoms with Gasteiger partial charge in [-0.15, -0.1) is 0 Å². The second-order valence-corrected chi connectivity index (χ2v) is 6.50. The molecular weight excluding hydrogens is 268 g/mol. The van der Waals surface area contributed by atoms with Gasteiger partial charge in [-0.1, -0.05) is 20.8 Å². The predicted molar refractivity (Wildman–Crippen MR) is 82.1 cm³/mol. The zero-order chi connectivity index (χ0) is 15.6. The molecule has 0 aromatic heterocycles. The molecule has 1 amide bonds. The number of nitrogens with one attached hydrogen (secondary N) is 2. The molecule has 0 bridgehead atoms. The van der Waals surface area contributed by atoms with Crippen molar-refractivity contribution in [2.75, 3.05) is 20.8 Å². The van der Waals surface area contributed by atoms with E-state index in [4.69, 9.17) is 9.47 Å². The number of carbonyl (C=O) groups excluding carboxylic acids is 1. The third-order valence-corrected chi connectivity index (χ3v) is 5.80. The largest absolute Gasteiger partial charge is 0.380 e. The van der Waals surface area contributed by atoms with Crippen LogP contribution in [0.25, 0.3) is 0 Å².